The average molecular weight is 246 g/mol. The molecule has 1 aliphatic rings. The summed E-state index contributed by atoms with van der Waals surface area (Å²) >= 11 is 0. The van der Waals surface area contributed by atoms with E-state index in [2.05, 4.69) is 17.3 Å². The summed E-state index contributed by atoms with van der Waals surface area (Å²) in [5.41, 5.74) is 0.789. The molecular weight excluding hydrogens is 228 g/mol. The van der Waals surface area contributed by atoms with Crippen LogP contribution in [-0.4, -0.2) is 15.7 Å². The maximum atomic E-state index is 12.2. The van der Waals surface area contributed by atoms with Crippen LogP contribution in [0.15, 0.2) is 6.20 Å². The number of nitrogens with zero attached hydrogens (tertiary/aromatic N) is 3. The summed E-state index contributed by atoms with van der Waals surface area (Å²) in [6, 6.07) is 1.99. The Bertz CT molecular complexity index is 486. The highest BCUT2D eigenvalue weighted by Crippen LogP contribution is 2.30. The lowest BCUT2D eigenvalue weighted by Gasteiger charge is -2.27. The number of amides is 1. The summed E-state index contributed by atoms with van der Waals surface area (Å²) in [5, 5.41) is 15.8. The second kappa shape index (κ2) is 5.21. The van der Waals surface area contributed by atoms with Gasteiger partial charge in [0.25, 0.3) is 0 Å². The van der Waals surface area contributed by atoms with E-state index in [1.54, 1.807) is 17.9 Å². The lowest BCUT2D eigenvalue weighted by molar-refractivity contribution is -0.122. The molecule has 0 saturated heterocycles. The van der Waals surface area contributed by atoms with E-state index in [-0.39, 0.29) is 17.5 Å². The van der Waals surface area contributed by atoms with Crippen molar-refractivity contribution in [2.24, 2.45) is 18.9 Å². The smallest absolute Gasteiger partial charge is 0.227 e. The highest BCUT2D eigenvalue weighted by atomic mass is 16.1. The Morgan fingerprint density at radius 1 is 1.56 bits per heavy atom. The molecule has 1 saturated carbocycles. The van der Waals surface area contributed by atoms with Gasteiger partial charge in [-0.3, -0.25) is 9.48 Å². The second-order valence-corrected chi connectivity index (χ2v) is 5.03. The van der Waals surface area contributed by atoms with Crippen LogP contribution >= 0.6 is 0 Å². The van der Waals surface area contributed by atoms with Crippen LogP contribution in [0.4, 0.5) is 5.69 Å². The molecule has 1 amide bonds. The lowest BCUT2D eigenvalue weighted by Crippen LogP contribution is -2.30. The molecule has 0 radical (unpaired) electrons. The van der Waals surface area contributed by atoms with Gasteiger partial charge in [0.2, 0.25) is 5.91 Å². The largest absolute Gasteiger partial charge is 0.322 e. The zero-order valence-corrected chi connectivity index (χ0v) is 10.8. The molecule has 1 heterocycles. The Morgan fingerprint density at radius 3 is 2.94 bits per heavy atom. The maximum Gasteiger partial charge on any atom is 0.227 e. The van der Waals surface area contributed by atoms with Crippen molar-refractivity contribution in [3.05, 3.63) is 11.9 Å². The van der Waals surface area contributed by atoms with Gasteiger partial charge in [0.05, 0.1) is 5.69 Å². The first-order valence-corrected chi connectivity index (χ1v) is 6.36. The summed E-state index contributed by atoms with van der Waals surface area (Å²) in [5.74, 6) is 0.498. The highest BCUT2D eigenvalue weighted by molar-refractivity contribution is 5.93. The molecule has 2 unspecified atom stereocenters. The average Bonchev–Trinajstić information content (AvgIpc) is 2.70. The van der Waals surface area contributed by atoms with Crippen LogP contribution in [0.5, 0.6) is 0 Å². The number of aromatic nitrogens is 2. The van der Waals surface area contributed by atoms with Gasteiger partial charge in [-0.25, -0.2) is 0 Å². The molecule has 1 aromatic rings. The summed E-state index contributed by atoms with van der Waals surface area (Å²) < 4.78 is 1.54. The van der Waals surface area contributed by atoms with Crippen LogP contribution in [-0.2, 0) is 11.8 Å². The number of rotatable bonds is 2. The van der Waals surface area contributed by atoms with E-state index in [9.17, 15) is 4.79 Å². The summed E-state index contributed by atoms with van der Waals surface area (Å²) in [6.45, 7) is 2.12. The molecule has 5 nitrogen and oxygen atoms in total. The molecule has 1 aliphatic carbocycles. The van der Waals surface area contributed by atoms with Gasteiger partial charge in [0.15, 0.2) is 5.69 Å². The molecule has 1 N–H and O–H groups in total. The summed E-state index contributed by atoms with van der Waals surface area (Å²) in [4.78, 5) is 12.2. The fraction of sp³-hybridized carbons (Fsp3) is 0.615. The van der Waals surface area contributed by atoms with Gasteiger partial charge in [-0.05, 0) is 18.8 Å². The highest BCUT2D eigenvalue weighted by Gasteiger charge is 2.28. The van der Waals surface area contributed by atoms with Crippen molar-refractivity contribution in [2.45, 2.75) is 32.6 Å². The molecule has 96 valence electrons. The van der Waals surface area contributed by atoms with Gasteiger partial charge in [-0.15, -0.1) is 0 Å². The van der Waals surface area contributed by atoms with E-state index in [1.807, 2.05) is 6.07 Å². The number of carbonyl (C=O) groups excluding carboxylic acids is 1. The third-order valence-corrected chi connectivity index (χ3v) is 3.64. The van der Waals surface area contributed by atoms with Crippen molar-refractivity contribution in [3.63, 3.8) is 0 Å². The number of aryl methyl sites for hydroxylation is 1. The second-order valence-electron chi connectivity index (χ2n) is 5.03. The molecule has 1 fully saturated rings. The van der Waals surface area contributed by atoms with E-state index >= 15 is 0 Å². The minimum atomic E-state index is 0.0201. The zero-order chi connectivity index (χ0) is 13.1. The number of hydrogen-bond acceptors (Lipinski definition) is 3. The predicted octanol–water partition coefficient (Wildman–Crippen LogP) is 2.06. The number of nitrogens with one attached hydrogen (secondary N) is 1. The number of anilines is 1. The fourth-order valence-electron chi connectivity index (χ4n) is 2.59. The molecule has 0 aromatic carbocycles. The molecule has 0 aliphatic heterocycles. The lowest BCUT2D eigenvalue weighted by atomic mass is 9.80. The Labute approximate surface area is 107 Å². The summed E-state index contributed by atoms with van der Waals surface area (Å²) in [6.07, 6.45) is 6.04. The van der Waals surface area contributed by atoms with Crippen molar-refractivity contribution in [1.82, 2.24) is 9.78 Å². The van der Waals surface area contributed by atoms with Gasteiger partial charge in [-0.2, -0.15) is 10.4 Å². The molecule has 2 atom stereocenters. The Kier molecular flexibility index (Phi) is 3.66. The van der Waals surface area contributed by atoms with Gasteiger partial charge in [0, 0.05) is 19.2 Å². The van der Waals surface area contributed by atoms with Crippen LogP contribution < -0.4 is 5.32 Å². The number of hydrogen-bond donors (Lipinski definition) is 1. The fourth-order valence-corrected chi connectivity index (χ4v) is 2.59. The molecule has 1 aromatic heterocycles. The predicted molar refractivity (Wildman–Crippen MR) is 67.7 cm³/mol. The maximum absolute atomic E-state index is 12.2. The van der Waals surface area contributed by atoms with Crippen molar-refractivity contribution in [2.75, 3.05) is 5.32 Å². The molecule has 0 bridgehead atoms. The van der Waals surface area contributed by atoms with Gasteiger partial charge < -0.3 is 5.32 Å². The minimum absolute atomic E-state index is 0.0201. The quantitative estimate of drug-likeness (QED) is 0.868. The van der Waals surface area contributed by atoms with Crippen molar-refractivity contribution in [3.8, 4) is 6.07 Å². The standard InChI is InChI=1S/C13H18N4O/c1-9-5-3-4-6-10(9)13(18)15-12-8-17(2)16-11(12)7-14/h8-10H,3-6H2,1-2H3,(H,15,18). The topological polar surface area (TPSA) is 70.7 Å². The Morgan fingerprint density at radius 2 is 2.28 bits per heavy atom. The van der Waals surface area contributed by atoms with Crippen LogP contribution in [0, 0.1) is 23.2 Å². The Hall–Kier alpha value is -1.83. The van der Waals surface area contributed by atoms with Crippen LogP contribution in [0.3, 0.4) is 0 Å². The van der Waals surface area contributed by atoms with Gasteiger partial charge >= 0.3 is 0 Å². The van der Waals surface area contributed by atoms with E-state index in [4.69, 9.17) is 5.26 Å². The van der Waals surface area contributed by atoms with Crippen LogP contribution in [0.1, 0.15) is 38.3 Å². The first-order chi connectivity index (χ1) is 8.61. The first kappa shape index (κ1) is 12.6. The first-order valence-electron chi connectivity index (χ1n) is 6.36. The van der Waals surface area contributed by atoms with E-state index in [0.29, 0.717) is 11.6 Å². The molecule has 0 spiro atoms. The molecule has 2 rings (SSSR count). The van der Waals surface area contributed by atoms with Crippen molar-refractivity contribution >= 4 is 11.6 Å². The zero-order valence-electron chi connectivity index (χ0n) is 10.8. The molecule has 18 heavy (non-hydrogen) atoms. The molecular formula is C13H18N4O. The van der Waals surface area contributed by atoms with Gasteiger partial charge in [-0.1, -0.05) is 19.8 Å². The van der Waals surface area contributed by atoms with E-state index in [0.717, 1.165) is 19.3 Å². The Balaban J connectivity index is 2.08. The van der Waals surface area contributed by atoms with Crippen molar-refractivity contribution in [1.29, 1.82) is 5.26 Å². The SMILES string of the molecule is CC1CCCCC1C(=O)Nc1cn(C)nc1C#N. The normalized spacial score (nSPS) is 23.4. The summed E-state index contributed by atoms with van der Waals surface area (Å²) in [7, 11) is 1.74. The van der Waals surface area contributed by atoms with E-state index < -0.39 is 0 Å². The van der Waals surface area contributed by atoms with Crippen LogP contribution in [0.2, 0.25) is 0 Å². The monoisotopic (exact) mass is 246 g/mol. The third-order valence-electron chi connectivity index (χ3n) is 3.64. The number of nitriles is 1. The number of carbonyl (C=O) groups is 1. The van der Waals surface area contributed by atoms with Crippen LogP contribution in [0.25, 0.3) is 0 Å². The van der Waals surface area contributed by atoms with Crippen molar-refractivity contribution < 1.29 is 4.79 Å². The van der Waals surface area contributed by atoms with E-state index in [1.165, 1.54) is 6.42 Å². The minimum Gasteiger partial charge on any atom is -0.322 e. The third kappa shape index (κ3) is 2.53. The molecule has 5 heteroatoms. The van der Waals surface area contributed by atoms with Gasteiger partial charge in [0.1, 0.15) is 6.07 Å².